The molecule has 3 rings (SSSR count). The number of nitrogens with two attached hydrogens (primary N) is 1. The second kappa shape index (κ2) is 9.29. The summed E-state index contributed by atoms with van der Waals surface area (Å²) >= 11 is 9.16. The van der Waals surface area contributed by atoms with Gasteiger partial charge in [-0.05, 0) is 40.2 Å². The number of amidine groups is 1. The number of hydrogen-bond acceptors (Lipinski definition) is 5. The van der Waals surface area contributed by atoms with Crippen molar-refractivity contribution in [3.05, 3.63) is 57.0 Å². The second-order valence-corrected chi connectivity index (χ2v) is 7.28. The van der Waals surface area contributed by atoms with E-state index in [1.165, 1.54) is 18.3 Å². The maximum Gasteiger partial charge on any atom is 0.275 e. The van der Waals surface area contributed by atoms with E-state index in [4.69, 9.17) is 22.1 Å². The molecule has 2 heterocycles. The summed E-state index contributed by atoms with van der Waals surface area (Å²) in [4.78, 5) is 20.1. The van der Waals surface area contributed by atoms with Gasteiger partial charge in [0, 0.05) is 21.9 Å². The van der Waals surface area contributed by atoms with Crippen LogP contribution in [0, 0.1) is 5.82 Å². The van der Waals surface area contributed by atoms with Crippen molar-refractivity contribution in [1.29, 1.82) is 0 Å². The van der Waals surface area contributed by atoms with E-state index in [2.05, 4.69) is 31.2 Å². The summed E-state index contributed by atoms with van der Waals surface area (Å²) in [6, 6.07) is 4.71. The van der Waals surface area contributed by atoms with Crippen LogP contribution in [-0.2, 0) is 10.3 Å². The Morgan fingerprint density at radius 2 is 2.10 bits per heavy atom. The van der Waals surface area contributed by atoms with Crippen LogP contribution in [-0.4, -0.2) is 36.4 Å². The first-order valence-electron chi connectivity index (χ1n) is 7.85. The Bertz CT molecular complexity index is 964. The molecule has 0 aliphatic carbocycles. The van der Waals surface area contributed by atoms with E-state index in [1.54, 1.807) is 0 Å². The normalized spacial score (nSPS) is 18.8. The topological polar surface area (TPSA) is 89.6 Å². The lowest BCUT2D eigenvalue weighted by molar-refractivity contribution is -0.0145. The van der Waals surface area contributed by atoms with Crippen LogP contribution in [0.15, 0.2) is 39.9 Å². The molecule has 1 atom stereocenters. The zero-order chi connectivity index (χ0) is 20.5. The number of carbonyl (C=O) groups excluding carboxylic acids is 1. The molecule has 0 unspecified atom stereocenters. The molecule has 156 valence electrons. The Kier molecular flexibility index (Phi) is 7.50. The largest absolute Gasteiger partial charge is 0.385 e. The molecule has 1 aromatic carbocycles. The van der Waals surface area contributed by atoms with E-state index in [0.717, 1.165) is 12.1 Å². The van der Waals surface area contributed by atoms with Gasteiger partial charge in [0.1, 0.15) is 24.0 Å². The number of nitrogens with zero attached hydrogens (tertiary/aromatic N) is 2. The van der Waals surface area contributed by atoms with Gasteiger partial charge in [0.25, 0.3) is 12.3 Å². The molecule has 3 N–H and O–H groups in total. The van der Waals surface area contributed by atoms with Crippen LogP contribution in [0.3, 0.4) is 0 Å². The number of aromatic nitrogens is 1. The van der Waals surface area contributed by atoms with E-state index >= 15 is 0 Å². The quantitative estimate of drug-likeness (QED) is 0.642. The highest BCUT2D eigenvalue weighted by Gasteiger charge is 2.46. The summed E-state index contributed by atoms with van der Waals surface area (Å²) in [5.41, 5.74) is 2.76. The maximum absolute atomic E-state index is 14.4. The molecule has 0 spiro atoms. The lowest BCUT2D eigenvalue weighted by Crippen LogP contribution is -2.45. The number of alkyl halides is 2. The number of aliphatic imine (C=N–C) groups is 1. The number of amides is 1. The van der Waals surface area contributed by atoms with Gasteiger partial charge in [-0.1, -0.05) is 11.6 Å². The summed E-state index contributed by atoms with van der Waals surface area (Å²) in [5.74, 6) is -1.80. The van der Waals surface area contributed by atoms with Crippen LogP contribution in [0.25, 0.3) is 0 Å². The van der Waals surface area contributed by atoms with Crippen LogP contribution in [0.1, 0.15) is 16.1 Å². The Balaban J connectivity index is 0.00000300. The molecule has 2 aromatic rings. The Morgan fingerprint density at radius 1 is 1.38 bits per heavy atom. The minimum Gasteiger partial charge on any atom is -0.385 e. The number of anilines is 1. The second-order valence-electron chi connectivity index (χ2n) is 5.95. The molecule has 0 bridgehead atoms. The van der Waals surface area contributed by atoms with Gasteiger partial charge in [0.05, 0.1) is 11.6 Å². The predicted octanol–water partition coefficient (Wildman–Crippen LogP) is 4.16. The minimum absolute atomic E-state index is 0. The van der Waals surface area contributed by atoms with E-state index in [-0.39, 0.29) is 41.3 Å². The summed E-state index contributed by atoms with van der Waals surface area (Å²) in [5, 5.41) is 2.54. The number of nitrogens with one attached hydrogen (secondary N) is 1. The maximum atomic E-state index is 14.4. The Morgan fingerprint density at radius 3 is 2.72 bits per heavy atom. The average Bonchev–Trinajstić information content (AvgIpc) is 2.62. The minimum atomic E-state index is -3.09. The van der Waals surface area contributed by atoms with Gasteiger partial charge in [-0.2, -0.15) is 0 Å². The number of rotatable bonds is 4. The van der Waals surface area contributed by atoms with Crippen LogP contribution < -0.4 is 11.1 Å². The fourth-order valence-corrected chi connectivity index (χ4v) is 3.42. The van der Waals surface area contributed by atoms with Crippen molar-refractivity contribution in [1.82, 2.24) is 4.98 Å². The lowest BCUT2D eigenvalue weighted by Gasteiger charge is -2.33. The van der Waals surface area contributed by atoms with Gasteiger partial charge in [-0.3, -0.25) is 9.79 Å². The highest BCUT2D eigenvalue weighted by molar-refractivity contribution is 9.10. The Labute approximate surface area is 183 Å². The van der Waals surface area contributed by atoms with Gasteiger partial charge in [0.2, 0.25) is 0 Å². The van der Waals surface area contributed by atoms with E-state index in [9.17, 15) is 18.0 Å². The Hall–Kier alpha value is -1.88. The van der Waals surface area contributed by atoms with Gasteiger partial charge in [0.15, 0.2) is 5.54 Å². The molecule has 29 heavy (non-hydrogen) atoms. The molecule has 1 aliphatic rings. The molecule has 1 aromatic heterocycles. The smallest absolute Gasteiger partial charge is 0.275 e. The third-order valence-corrected chi connectivity index (χ3v) is 4.71. The molecular weight excluding hydrogens is 500 g/mol. The van der Waals surface area contributed by atoms with Crippen LogP contribution >= 0.6 is 39.9 Å². The van der Waals surface area contributed by atoms with Crippen LogP contribution in [0.2, 0.25) is 5.02 Å². The summed E-state index contributed by atoms with van der Waals surface area (Å²) in [6.07, 6.45) is -1.71. The third-order valence-electron chi connectivity index (χ3n) is 3.99. The molecule has 0 saturated heterocycles. The number of pyridine rings is 1. The number of ether oxygens (including phenoxy) is 1. The number of halogens is 6. The molecule has 1 aliphatic heterocycles. The van der Waals surface area contributed by atoms with Crippen molar-refractivity contribution in [3.63, 3.8) is 0 Å². The fraction of sp³-hybridized carbons (Fsp3) is 0.235. The van der Waals surface area contributed by atoms with Gasteiger partial charge >= 0.3 is 0 Å². The van der Waals surface area contributed by atoms with Crippen molar-refractivity contribution >= 4 is 57.4 Å². The molecule has 0 saturated carbocycles. The SMILES string of the molecule is Cl.NC1=N[C@@](c2cc(NC(=O)c3ncc(Br)cc3Cl)ccc2F)(C(F)F)COC1. The number of carbonyl (C=O) groups is 1. The highest BCUT2D eigenvalue weighted by Crippen LogP contribution is 2.38. The first kappa shape index (κ1) is 23.4. The summed E-state index contributed by atoms with van der Waals surface area (Å²) in [7, 11) is 0. The molecule has 6 nitrogen and oxygen atoms in total. The van der Waals surface area contributed by atoms with Gasteiger partial charge < -0.3 is 15.8 Å². The van der Waals surface area contributed by atoms with E-state index < -0.39 is 35.9 Å². The van der Waals surface area contributed by atoms with Gasteiger partial charge in [-0.25, -0.2) is 18.2 Å². The zero-order valence-corrected chi connectivity index (χ0v) is 17.6. The predicted molar refractivity (Wildman–Crippen MR) is 109 cm³/mol. The van der Waals surface area contributed by atoms with Gasteiger partial charge in [-0.15, -0.1) is 12.4 Å². The molecule has 12 heteroatoms. The lowest BCUT2D eigenvalue weighted by atomic mass is 9.90. The van der Waals surface area contributed by atoms with Crippen LogP contribution in [0.4, 0.5) is 18.9 Å². The third kappa shape index (κ3) is 4.82. The highest BCUT2D eigenvalue weighted by atomic mass is 79.9. The first-order chi connectivity index (χ1) is 13.2. The van der Waals surface area contributed by atoms with Crippen molar-refractivity contribution < 1.29 is 22.7 Å². The van der Waals surface area contributed by atoms with Crippen molar-refractivity contribution in [2.45, 2.75) is 12.0 Å². The molecule has 0 radical (unpaired) electrons. The monoisotopic (exact) mass is 512 g/mol. The fourth-order valence-electron chi connectivity index (χ4n) is 2.71. The van der Waals surface area contributed by atoms with Crippen molar-refractivity contribution in [2.24, 2.45) is 10.7 Å². The molecule has 1 amide bonds. The first-order valence-corrected chi connectivity index (χ1v) is 9.02. The molecular formula is C17H14BrCl2F3N4O2. The van der Waals surface area contributed by atoms with E-state index in [0.29, 0.717) is 4.47 Å². The van der Waals surface area contributed by atoms with Crippen molar-refractivity contribution in [3.8, 4) is 0 Å². The van der Waals surface area contributed by atoms with E-state index in [1.807, 2.05) is 0 Å². The summed E-state index contributed by atoms with van der Waals surface area (Å²) in [6.45, 7) is -0.681. The number of hydrogen-bond donors (Lipinski definition) is 2. The zero-order valence-electron chi connectivity index (χ0n) is 14.5. The standard InChI is InChI=1S/C17H13BrClF3N4O2.ClH/c18-8-3-11(19)14(24-5-8)15(27)25-9-1-2-12(20)10(4-9)17(16(21)22)7-28-6-13(23)26-17;/h1-5,16H,6-7H2,(H2,23,26)(H,25,27);1H/t17-;/m0./s1. The molecule has 0 fully saturated rings. The summed E-state index contributed by atoms with van der Waals surface area (Å²) < 4.78 is 47.7. The van der Waals surface area contributed by atoms with Crippen LogP contribution in [0.5, 0.6) is 0 Å². The average molecular weight is 514 g/mol. The number of benzene rings is 1. The van der Waals surface area contributed by atoms with Crippen molar-refractivity contribution in [2.75, 3.05) is 18.5 Å².